The van der Waals surface area contributed by atoms with Crippen molar-refractivity contribution < 1.29 is 0 Å². The zero-order valence-corrected chi connectivity index (χ0v) is 10.4. The van der Waals surface area contributed by atoms with Crippen molar-refractivity contribution in [2.24, 2.45) is 5.92 Å². The second-order valence-corrected chi connectivity index (χ2v) is 4.74. The lowest BCUT2D eigenvalue weighted by Crippen LogP contribution is -2.31. The summed E-state index contributed by atoms with van der Waals surface area (Å²) in [5.74, 6) is 0.970. The van der Waals surface area contributed by atoms with Gasteiger partial charge in [-0.15, -0.1) is 0 Å². The molecule has 0 aromatic carbocycles. The lowest BCUT2D eigenvalue weighted by atomic mass is 9.94. The van der Waals surface area contributed by atoms with Gasteiger partial charge in [-0.2, -0.15) is 0 Å². The number of piperidine rings is 1. The molecule has 1 saturated heterocycles. The van der Waals surface area contributed by atoms with Gasteiger partial charge in [-0.1, -0.05) is 15.9 Å². The van der Waals surface area contributed by atoms with Crippen LogP contribution in [-0.2, 0) is 0 Å². The molecule has 0 atom stereocenters. The minimum Gasteiger partial charge on any atom is -0.306 e. The molecule has 0 aromatic rings. The Morgan fingerprint density at radius 1 is 1.38 bits per heavy atom. The topological polar surface area (TPSA) is 6.48 Å². The first-order chi connectivity index (χ1) is 6.22. The highest BCUT2D eigenvalue weighted by Crippen LogP contribution is 2.19. The smallest absolute Gasteiger partial charge is 0.0539 e. The van der Waals surface area contributed by atoms with Crippen LogP contribution in [0.3, 0.4) is 0 Å². The van der Waals surface area contributed by atoms with Gasteiger partial charge in [-0.3, -0.25) is 4.90 Å². The lowest BCUT2D eigenvalue weighted by Gasteiger charge is -2.29. The van der Waals surface area contributed by atoms with Crippen molar-refractivity contribution in [3.05, 3.63) is 0 Å². The number of alkyl halides is 1. The summed E-state index contributed by atoms with van der Waals surface area (Å²) >= 11 is 3.47. The van der Waals surface area contributed by atoms with Crippen molar-refractivity contribution in [2.45, 2.75) is 19.3 Å². The van der Waals surface area contributed by atoms with Gasteiger partial charge in [-0.25, -0.2) is 0 Å². The molecule has 0 saturated carbocycles. The number of hydrogen-bond acceptors (Lipinski definition) is 2. The molecule has 0 aliphatic carbocycles. The van der Waals surface area contributed by atoms with E-state index in [0.29, 0.717) is 0 Å². The molecule has 1 aliphatic heterocycles. The molecule has 0 radical (unpaired) electrons. The summed E-state index contributed by atoms with van der Waals surface area (Å²) in [6, 6.07) is 0. The van der Waals surface area contributed by atoms with E-state index in [9.17, 15) is 0 Å². The molecular formula is C10H21BrN2. The molecule has 1 fully saturated rings. The van der Waals surface area contributed by atoms with Gasteiger partial charge in [0.05, 0.1) is 5.45 Å². The Morgan fingerprint density at radius 2 is 2.00 bits per heavy atom. The van der Waals surface area contributed by atoms with Crippen LogP contribution in [-0.4, -0.2) is 49.0 Å². The van der Waals surface area contributed by atoms with E-state index in [-0.39, 0.29) is 0 Å². The Bertz CT molecular complexity index is 133. The summed E-state index contributed by atoms with van der Waals surface area (Å²) in [5, 5.41) is 0. The molecule has 0 bridgehead atoms. The van der Waals surface area contributed by atoms with Crippen LogP contribution in [0, 0.1) is 5.92 Å². The highest BCUT2D eigenvalue weighted by molar-refractivity contribution is 9.09. The number of rotatable bonds is 4. The lowest BCUT2D eigenvalue weighted by molar-refractivity contribution is 0.200. The van der Waals surface area contributed by atoms with Gasteiger partial charge in [0.1, 0.15) is 0 Å². The van der Waals surface area contributed by atoms with E-state index < -0.39 is 0 Å². The van der Waals surface area contributed by atoms with Gasteiger partial charge in [0, 0.05) is 0 Å². The maximum atomic E-state index is 3.47. The maximum absolute atomic E-state index is 3.47. The van der Waals surface area contributed by atoms with Crippen LogP contribution in [0.25, 0.3) is 0 Å². The van der Waals surface area contributed by atoms with Crippen molar-refractivity contribution in [2.75, 3.05) is 39.2 Å². The largest absolute Gasteiger partial charge is 0.306 e. The second kappa shape index (κ2) is 5.99. The Kier molecular flexibility index (Phi) is 5.29. The van der Waals surface area contributed by atoms with Crippen LogP contribution in [0.1, 0.15) is 19.3 Å². The van der Waals surface area contributed by atoms with Crippen LogP contribution < -0.4 is 0 Å². The third-order valence-corrected chi connectivity index (χ3v) is 3.82. The fraction of sp³-hybridized carbons (Fsp3) is 1.00. The third kappa shape index (κ3) is 4.43. The molecule has 0 aromatic heterocycles. The SMILES string of the molecule is CN(CBr)CCC1CCN(C)CC1. The van der Waals surface area contributed by atoms with Crippen LogP contribution in [0.2, 0.25) is 0 Å². The zero-order valence-electron chi connectivity index (χ0n) is 8.80. The molecule has 2 nitrogen and oxygen atoms in total. The monoisotopic (exact) mass is 248 g/mol. The van der Waals surface area contributed by atoms with E-state index >= 15 is 0 Å². The van der Waals surface area contributed by atoms with E-state index in [1.54, 1.807) is 0 Å². The summed E-state index contributed by atoms with van der Waals surface area (Å²) in [7, 11) is 4.39. The van der Waals surface area contributed by atoms with Gasteiger partial charge in [-0.05, 0) is 58.9 Å². The Morgan fingerprint density at radius 3 is 2.54 bits per heavy atom. The van der Waals surface area contributed by atoms with Gasteiger partial charge >= 0.3 is 0 Å². The molecule has 1 aliphatic rings. The molecule has 1 heterocycles. The van der Waals surface area contributed by atoms with Gasteiger partial charge in [0.15, 0.2) is 0 Å². The summed E-state index contributed by atoms with van der Waals surface area (Å²) in [5.41, 5.74) is 1.000. The summed E-state index contributed by atoms with van der Waals surface area (Å²) in [6.45, 7) is 3.82. The van der Waals surface area contributed by atoms with Crippen molar-refractivity contribution in [1.29, 1.82) is 0 Å². The summed E-state index contributed by atoms with van der Waals surface area (Å²) in [4.78, 5) is 4.77. The minimum atomic E-state index is 0.970. The Labute approximate surface area is 90.4 Å². The average molecular weight is 249 g/mol. The van der Waals surface area contributed by atoms with E-state index in [2.05, 4.69) is 39.8 Å². The normalized spacial score (nSPS) is 21.2. The first-order valence-corrected chi connectivity index (χ1v) is 6.27. The molecule has 78 valence electrons. The van der Waals surface area contributed by atoms with Crippen LogP contribution in [0.15, 0.2) is 0 Å². The zero-order chi connectivity index (χ0) is 9.68. The fourth-order valence-corrected chi connectivity index (χ4v) is 2.06. The molecule has 3 heteroatoms. The van der Waals surface area contributed by atoms with Crippen molar-refractivity contribution in [3.8, 4) is 0 Å². The average Bonchev–Trinajstić information content (AvgIpc) is 2.16. The van der Waals surface area contributed by atoms with Gasteiger partial charge in [0.25, 0.3) is 0 Å². The highest BCUT2D eigenvalue weighted by atomic mass is 79.9. The van der Waals surface area contributed by atoms with E-state index in [0.717, 1.165) is 11.4 Å². The summed E-state index contributed by atoms with van der Waals surface area (Å²) < 4.78 is 0. The molecule has 1 rings (SSSR count). The second-order valence-electron chi connectivity index (χ2n) is 4.23. The standard InChI is InChI=1S/C10H21BrN2/c1-12-6-3-10(4-7-12)5-8-13(2)9-11/h10H,3-9H2,1-2H3. The molecular weight excluding hydrogens is 228 g/mol. The predicted molar refractivity (Wildman–Crippen MR) is 61.3 cm³/mol. The van der Waals surface area contributed by atoms with Crippen LogP contribution in [0.5, 0.6) is 0 Å². The summed E-state index contributed by atoms with van der Waals surface area (Å²) in [6.07, 6.45) is 4.16. The van der Waals surface area contributed by atoms with Crippen molar-refractivity contribution in [1.82, 2.24) is 9.80 Å². The molecule has 0 amide bonds. The van der Waals surface area contributed by atoms with E-state index in [1.807, 2.05) is 0 Å². The molecule has 0 unspecified atom stereocenters. The highest BCUT2D eigenvalue weighted by Gasteiger charge is 2.16. The van der Waals surface area contributed by atoms with Crippen molar-refractivity contribution in [3.63, 3.8) is 0 Å². The third-order valence-electron chi connectivity index (χ3n) is 2.96. The molecule has 13 heavy (non-hydrogen) atoms. The molecule has 0 N–H and O–H groups in total. The van der Waals surface area contributed by atoms with Crippen molar-refractivity contribution >= 4 is 15.9 Å². The Balaban J connectivity index is 2.08. The first-order valence-electron chi connectivity index (χ1n) is 5.15. The number of nitrogens with zero attached hydrogens (tertiary/aromatic N) is 2. The van der Waals surface area contributed by atoms with E-state index in [1.165, 1.54) is 38.9 Å². The quantitative estimate of drug-likeness (QED) is 0.555. The van der Waals surface area contributed by atoms with E-state index in [4.69, 9.17) is 0 Å². The van der Waals surface area contributed by atoms with Gasteiger partial charge in [0.2, 0.25) is 0 Å². The number of halogens is 1. The fourth-order valence-electron chi connectivity index (χ4n) is 1.81. The van der Waals surface area contributed by atoms with Gasteiger partial charge < -0.3 is 4.90 Å². The number of likely N-dealkylation sites (tertiary alicyclic amines) is 1. The predicted octanol–water partition coefficient (Wildman–Crippen LogP) is 2.00. The maximum Gasteiger partial charge on any atom is 0.0539 e. The van der Waals surface area contributed by atoms with Crippen LogP contribution >= 0.6 is 15.9 Å². The first kappa shape index (κ1) is 11.5. The minimum absolute atomic E-state index is 0.970. The Hall–Kier alpha value is 0.400. The molecule has 0 spiro atoms. The van der Waals surface area contributed by atoms with Crippen LogP contribution in [0.4, 0.5) is 0 Å². The number of hydrogen-bond donors (Lipinski definition) is 0.